The summed E-state index contributed by atoms with van der Waals surface area (Å²) in [6.45, 7) is 0.555. The number of hydrogen-bond donors (Lipinski definition) is 1. The van der Waals surface area contributed by atoms with Crippen LogP contribution in [0.25, 0.3) is 0 Å². The minimum absolute atomic E-state index is 0.143. The Hall–Kier alpha value is -2.12. The van der Waals surface area contributed by atoms with Crippen molar-refractivity contribution < 1.29 is 14.8 Å². The van der Waals surface area contributed by atoms with Crippen molar-refractivity contribution >= 4 is 17.7 Å². The molecule has 0 aromatic carbocycles. The Labute approximate surface area is 96.6 Å². The molecule has 1 N–H and O–H groups in total. The van der Waals surface area contributed by atoms with Gasteiger partial charge in [0.2, 0.25) is 0 Å². The molecule has 92 valence electrons. The molecule has 1 saturated heterocycles. The van der Waals surface area contributed by atoms with Gasteiger partial charge in [0, 0.05) is 6.54 Å². The number of carbonyl (C=O) groups is 1. The lowest BCUT2D eigenvalue weighted by Gasteiger charge is -2.19. The van der Waals surface area contributed by atoms with E-state index in [-0.39, 0.29) is 5.82 Å². The van der Waals surface area contributed by atoms with Gasteiger partial charge >= 0.3 is 11.8 Å². The number of nitrogens with zero attached hydrogens (tertiary/aromatic N) is 4. The Kier molecular flexibility index (Phi) is 2.70. The molecule has 2 rings (SSSR count). The van der Waals surface area contributed by atoms with E-state index in [0.29, 0.717) is 18.9 Å². The second-order valence-electron chi connectivity index (χ2n) is 3.92. The van der Waals surface area contributed by atoms with Crippen molar-refractivity contribution in [2.45, 2.75) is 18.9 Å². The molecule has 0 saturated carbocycles. The molecule has 1 atom stereocenters. The van der Waals surface area contributed by atoms with Gasteiger partial charge in [0.25, 0.3) is 5.95 Å². The highest BCUT2D eigenvalue weighted by atomic mass is 16.6. The van der Waals surface area contributed by atoms with Gasteiger partial charge in [0.05, 0.1) is 7.05 Å². The average molecular weight is 240 g/mol. The second-order valence-corrected chi connectivity index (χ2v) is 3.92. The molecular weight excluding hydrogens is 228 g/mol. The minimum Gasteiger partial charge on any atom is -0.480 e. The van der Waals surface area contributed by atoms with Crippen LogP contribution in [0.1, 0.15) is 12.8 Å². The molecular formula is C9H12N4O4. The molecule has 0 bridgehead atoms. The fourth-order valence-electron chi connectivity index (χ4n) is 2.09. The second kappa shape index (κ2) is 4.04. The summed E-state index contributed by atoms with van der Waals surface area (Å²) in [6.07, 6.45) is 2.43. The van der Waals surface area contributed by atoms with Crippen molar-refractivity contribution in [3.63, 3.8) is 0 Å². The summed E-state index contributed by atoms with van der Waals surface area (Å²) < 4.78 is 1.31. The fourth-order valence-corrected chi connectivity index (χ4v) is 2.09. The number of carboxylic acid groups (broad SMARTS) is 1. The van der Waals surface area contributed by atoms with E-state index in [0.717, 1.165) is 12.6 Å². The van der Waals surface area contributed by atoms with Gasteiger partial charge in [-0.05, 0) is 17.8 Å². The Bertz CT molecular complexity index is 470. The zero-order valence-corrected chi connectivity index (χ0v) is 9.24. The van der Waals surface area contributed by atoms with Crippen LogP contribution in [0.3, 0.4) is 0 Å². The first kappa shape index (κ1) is 11.4. The molecule has 0 radical (unpaired) electrons. The number of aromatic nitrogens is 2. The quantitative estimate of drug-likeness (QED) is 0.605. The molecule has 17 heavy (non-hydrogen) atoms. The van der Waals surface area contributed by atoms with Gasteiger partial charge in [0.15, 0.2) is 0 Å². The first-order chi connectivity index (χ1) is 8.02. The maximum absolute atomic E-state index is 11.0. The Morgan fingerprint density at radius 2 is 2.41 bits per heavy atom. The SMILES string of the molecule is Cn1c([N+](=O)[O-])cnc1N1CCCC1C(=O)O. The number of carboxylic acids is 1. The monoisotopic (exact) mass is 240 g/mol. The number of nitro groups is 1. The lowest BCUT2D eigenvalue weighted by atomic mass is 10.2. The summed E-state index contributed by atoms with van der Waals surface area (Å²) in [4.78, 5) is 26.7. The maximum atomic E-state index is 11.0. The van der Waals surface area contributed by atoms with Crippen molar-refractivity contribution in [2.75, 3.05) is 11.4 Å². The van der Waals surface area contributed by atoms with Gasteiger partial charge in [-0.15, -0.1) is 0 Å². The zero-order valence-electron chi connectivity index (χ0n) is 9.24. The van der Waals surface area contributed by atoms with E-state index in [4.69, 9.17) is 5.11 Å². The Balaban J connectivity index is 2.34. The molecule has 2 heterocycles. The Morgan fingerprint density at radius 1 is 1.71 bits per heavy atom. The molecule has 0 spiro atoms. The third-order valence-corrected chi connectivity index (χ3v) is 2.92. The van der Waals surface area contributed by atoms with Crippen LogP contribution in [0.4, 0.5) is 11.8 Å². The molecule has 1 aromatic heterocycles. The van der Waals surface area contributed by atoms with Gasteiger partial charge in [-0.2, -0.15) is 9.55 Å². The van der Waals surface area contributed by atoms with Gasteiger partial charge in [-0.25, -0.2) is 4.79 Å². The zero-order chi connectivity index (χ0) is 12.6. The summed E-state index contributed by atoms with van der Waals surface area (Å²) in [5.74, 6) is -0.731. The smallest absolute Gasteiger partial charge is 0.344 e. The van der Waals surface area contributed by atoms with Gasteiger partial charge in [-0.1, -0.05) is 0 Å². The van der Waals surface area contributed by atoms with E-state index in [9.17, 15) is 14.9 Å². The predicted molar refractivity (Wildman–Crippen MR) is 57.9 cm³/mol. The molecule has 0 amide bonds. The molecule has 1 aromatic rings. The highest BCUT2D eigenvalue weighted by Gasteiger charge is 2.35. The summed E-state index contributed by atoms with van der Waals surface area (Å²) in [6, 6.07) is -0.643. The molecule has 8 heteroatoms. The van der Waals surface area contributed by atoms with Gasteiger partial charge < -0.3 is 20.1 Å². The van der Waals surface area contributed by atoms with Crippen LogP contribution in [0.5, 0.6) is 0 Å². The highest BCUT2D eigenvalue weighted by Crippen LogP contribution is 2.27. The summed E-state index contributed by atoms with van der Waals surface area (Å²) >= 11 is 0. The third-order valence-electron chi connectivity index (χ3n) is 2.92. The van der Waals surface area contributed by atoms with Crippen molar-refractivity contribution in [3.8, 4) is 0 Å². The van der Waals surface area contributed by atoms with E-state index in [1.54, 1.807) is 4.90 Å². The number of anilines is 1. The lowest BCUT2D eigenvalue weighted by Crippen LogP contribution is -2.37. The Morgan fingerprint density at radius 3 is 2.94 bits per heavy atom. The molecule has 1 fully saturated rings. The van der Waals surface area contributed by atoms with E-state index in [1.807, 2.05) is 0 Å². The molecule has 0 aliphatic carbocycles. The average Bonchev–Trinajstić information content (AvgIpc) is 2.82. The van der Waals surface area contributed by atoms with E-state index in [1.165, 1.54) is 11.6 Å². The number of hydrogen-bond acceptors (Lipinski definition) is 5. The molecule has 1 aliphatic rings. The van der Waals surface area contributed by atoms with E-state index >= 15 is 0 Å². The minimum atomic E-state index is -0.923. The highest BCUT2D eigenvalue weighted by molar-refractivity contribution is 5.78. The van der Waals surface area contributed by atoms with Crippen LogP contribution in [-0.4, -0.2) is 38.1 Å². The van der Waals surface area contributed by atoms with Crippen LogP contribution < -0.4 is 4.90 Å². The normalized spacial score (nSPS) is 19.6. The molecule has 1 aliphatic heterocycles. The number of aliphatic carboxylic acids is 1. The number of rotatable bonds is 3. The molecule has 1 unspecified atom stereocenters. The van der Waals surface area contributed by atoms with Crippen LogP contribution in [-0.2, 0) is 11.8 Å². The van der Waals surface area contributed by atoms with Crippen LogP contribution >= 0.6 is 0 Å². The third kappa shape index (κ3) is 1.81. The molecule has 8 nitrogen and oxygen atoms in total. The van der Waals surface area contributed by atoms with E-state index < -0.39 is 16.9 Å². The fraction of sp³-hybridized carbons (Fsp3) is 0.556. The first-order valence-corrected chi connectivity index (χ1v) is 5.18. The van der Waals surface area contributed by atoms with Crippen LogP contribution in [0.15, 0.2) is 6.20 Å². The van der Waals surface area contributed by atoms with Crippen molar-refractivity contribution in [2.24, 2.45) is 7.05 Å². The largest absolute Gasteiger partial charge is 0.480 e. The van der Waals surface area contributed by atoms with Crippen molar-refractivity contribution in [1.82, 2.24) is 9.55 Å². The van der Waals surface area contributed by atoms with Crippen LogP contribution in [0, 0.1) is 10.1 Å². The standard InChI is InChI=1S/C9H12N4O4/c1-11-7(13(16)17)5-10-9(11)12-4-2-3-6(12)8(14)15/h5-6H,2-4H2,1H3,(H,14,15). The topological polar surface area (TPSA) is 101 Å². The summed E-state index contributed by atoms with van der Waals surface area (Å²) in [5.41, 5.74) is 0. The maximum Gasteiger partial charge on any atom is 0.344 e. The van der Waals surface area contributed by atoms with Crippen molar-refractivity contribution in [3.05, 3.63) is 16.3 Å². The number of imidazole rings is 1. The van der Waals surface area contributed by atoms with Crippen molar-refractivity contribution in [1.29, 1.82) is 0 Å². The van der Waals surface area contributed by atoms with Gasteiger partial charge in [-0.3, -0.25) is 0 Å². The summed E-state index contributed by atoms with van der Waals surface area (Å²) in [7, 11) is 1.51. The first-order valence-electron chi connectivity index (χ1n) is 5.18. The van der Waals surface area contributed by atoms with Gasteiger partial charge in [0.1, 0.15) is 12.2 Å². The van der Waals surface area contributed by atoms with E-state index in [2.05, 4.69) is 4.98 Å². The summed E-state index contributed by atoms with van der Waals surface area (Å²) in [5, 5.41) is 19.7. The lowest BCUT2D eigenvalue weighted by molar-refractivity contribution is -0.391. The van der Waals surface area contributed by atoms with Crippen LogP contribution in [0.2, 0.25) is 0 Å². The predicted octanol–water partition coefficient (Wildman–Crippen LogP) is 0.382.